The molecule has 0 spiro atoms. The van der Waals surface area contributed by atoms with Crippen molar-refractivity contribution in [2.24, 2.45) is 0 Å². The molecule has 1 aliphatic heterocycles. The zero-order valence-corrected chi connectivity index (χ0v) is 7.88. The van der Waals surface area contributed by atoms with Gasteiger partial charge in [0.15, 0.2) is 18.2 Å². The van der Waals surface area contributed by atoms with Crippen molar-refractivity contribution in [1.29, 1.82) is 0 Å². The summed E-state index contributed by atoms with van der Waals surface area (Å²) in [6.45, 7) is 0.0721. The van der Waals surface area contributed by atoms with Crippen LogP contribution < -0.4 is 4.74 Å². The number of ether oxygens (including phenoxy) is 1. The first kappa shape index (κ1) is 8.23. The van der Waals surface area contributed by atoms with Crippen molar-refractivity contribution in [2.45, 2.75) is 0 Å². The molecule has 0 aliphatic carbocycles. The first-order valence-corrected chi connectivity index (χ1v) is 4.65. The molecular weight excluding hydrogens is 192 g/mol. The van der Waals surface area contributed by atoms with Gasteiger partial charge in [0.25, 0.3) is 0 Å². The SMILES string of the molecule is O=C1COc2cccnc2-n2cccc21. The lowest BCUT2D eigenvalue weighted by Crippen LogP contribution is -2.10. The third-order valence-electron chi connectivity index (χ3n) is 2.37. The van der Waals surface area contributed by atoms with Crippen molar-refractivity contribution in [3.63, 3.8) is 0 Å². The van der Waals surface area contributed by atoms with E-state index < -0.39 is 0 Å². The van der Waals surface area contributed by atoms with Crippen LogP contribution in [-0.2, 0) is 0 Å². The number of ketones is 1. The molecule has 0 saturated carbocycles. The molecule has 74 valence electrons. The highest BCUT2D eigenvalue weighted by Crippen LogP contribution is 2.24. The molecule has 2 aromatic heterocycles. The predicted molar refractivity (Wildman–Crippen MR) is 53.4 cm³/mol. The van der Waals surface area contributed by atoms with Crippen LogP contribution in [-0.4, -0.2) is 21.9 Å². The lowest BCUT2D eigenvalue weighted by molar-refractivity contribution is 0.0921. The van der Waals surface area contributed by atoms with Crippen LogP contribution in [0.25, 0.3) is 5.82 Å². The lowest BCUT2D eigenvalue weighted by atomic mass is 10.3. The number of nitrogens with zero attached hydrogens (tertiary/aromatic N) is 2. The molecule has 0 atom stereocenters. The van der Waals surface area contributed by atoms with Gasteiger partial charge in [-0.05, 0) is 24.3 Å². The summed E-state index contributed by atoms with van der Waals surface area (Å²) >= 11 is 0. The molecule has 0 amide bonds. The van der Waals surface area contributed by atoms with Crippen molar-refractivity contribution in [3.8, 4) is 11.6 Å². The van der Waals surface area contributed by atoms with Crippen molar-refractivity contribution < 1.29 is 9.53 Å². The van der Waals surface area contributed by atoms with E-state index in [1.165, 1.54) is 0 Å². The summed E-state index contributed by atoms with van der Waals surface area (Å²) in [4.78, 5) is 15.9. The van der Waals surface area contributed by atoms with Gasteiger partial charge in [-0.1, -0.05) is 0 Å². The zero-order valence-electron chi connectivity index (χ0n) is 7.88. The second-order valence-corrected chi connectivity index (χ2v) is 3.30. The Morgan fingerprint density at radius 3 is 3.20 bits per heavy atom. The normalized spacial score (nSPS) is 13.7. The van der Waals surface area contributed by atoms with E-state index in [9.17, 15) is 4.79 Å². The number of aromatic nitrogens is 2. The maximum Gasteiger partial charge on any atom is 0.216 e. The number of carbonyl (C=O) groups excluding carboxylic acids is 1. The summed E-state index contributed by atoms with van der Waals surface area (Å²) in [6.07, 6.45) is 3.50. The second kappa shape index (κ2) is 2.95. The maximum absolute atomic E-state index is 11.7. The first-order chi connectivity index (χ1) is 7.36. The molecular formula is C11H8N2O2. The van der Waals surface area contributed by atoms with Gasteiger partial charge in [-0.3, -0.25) is 9.36 Å². The monoisotopic (exact) mass is 200 g/mol. The molecule has 0 saturated heterocycles. The fourth-order valence-electron chi connectivity index (χ4n) is 1.69. The Balaban J connectivity index is 2.31. The zero-order chi connectivity index (χ0) is 10.3. The molecule has 0 bridgehead atoms. The van der Waals surface area contributed by atoms with E-state index in [1.807, 2.05) is 18.3 Å². The van der Waals surface area contributed by atoms with Gasteiger partial charge in [-0.15, -0.1) is 0 Å². The molecule has 3 rings (SSSR count). The van der Waals surface area contributed by atoms with Gasteiger partial charge in [0.2, 0.25) is 5.78 Å². The molecule has 0 radical (unpaired) electrons. The molecule has 4 nitrogen and oxygen atoms in total. The van der Waals surface area contributed by atoms with Crippen LogP contribution in [0.4, 0.5) is 0 Å². The van der Waals surface area contributed by atoms with Crippen LogP contribution >= 0.6 is 0 Å². The number of pyridine rings is 1. The van der Waals surface area contributed by atoms with Crippen LogP contribution in [0.3, 0.4) is 0 Å². The highest BCUT2D eigenvalue weighted by molar-refractivity contribution is 5.97. The molecule has 2 aromatic rings. The minimum absolute atomic E-state index is 0.0296. The van der Waals surface area contributed by atoms with Gasteiger partial charge in [0.1, 0.15) is 0 Å². The van der Waals surface area contributed by atoms with Crippen LogP contribution in [0.2, 0.25) is 0 Å². The Kier molecular flexibility index (Phi) is 1.62. The molecule has 1 aliphatic rings. The van der Waals surface area contributed by atoms with Crippen molar-refractivity contribution in [1.82, 2.24) is 9.55 Å². The molecule has 0 unspecified atom stereocenters. The summed E-state index contributed by atoms with van der Waals surface area (Å²) in [5.74, 6) is 1.28. The summed E-state index contributed by atoms with van der Waals surface area (Å²) in [6, 6.07) is 7.20. The minimum Gasteiger partial charge on any atom is -0.481 e. The number of hydrogen-bond donors (Lipinski definition) is 0. The fraction of sp³-hybridized carbons (Fsp3) is 0.0909. The Labute approximate surface area is 86.1 Å². The van der Waals surface area contributed by atoms with Gasteiger partial charge < -0.3 is 4.74 Å². The molecule has 0 N–H and O–H groups in total. The summed E-state index contributed by atoms with van der Waals surface area (Å²) in [5.41, 5.74) is 0.618. The topological polar surface area (TPSA) is 44.1 Å². The lowest BCUT2D eigenvalue weighted by Gasteiger charge is -2.05. The Hall–Kier alpha value is -2.10. The molecule has 3 heterocycles. The summed E-state index contributed by atoms with van der Waals surface area (Å²) < 4.78 is 7.12. The number of fused-ring (bicyclic) bond motifs is 3. The van der Waals surface area contributed by atoms with Gasteiger partial charge in [-0.2, -0.15) is 0 Å². The van der Waals surface area contributed by atoms with Crippen molar-refractivity contribution in [3.05, 3.63) is 42.4 Å². The fourth-order valence-corrected chi connectivity index (χ4v) is 1.69. The van der Waals surface area contributed by atoms with Crippen molar-refractivity contribution in [2.75, 3.05) is 6.61 Å². The van der Waals surface area contributed by atoms with Crippen LogP contribution in [0.5, 0.6) is 5.75 Å². The van der Waals surface area contributed by atoms with E-state index in [1.54, 1.807) is 22.9 Å². The number of hydrogen-bond acceptors (Lipinski definition) is 3. The van der Waals surface area contributed by atoms with E-state index in [4.69, 9.17) is 4.74 Å². The molecule has 0 aromatic carbocycles. The van der Waals surface area contributed by atoms with E-state index >= 15 is 0 Å². The number of Topliss-reactive ketones (excluding diaryl/α,β-unsaturated/α-hetero) is 1. The molecule has 15 heavy (non-hydrogen) atoms. The smallest absolute Gasteiger partial charge is 0.216 e. The Bertz CT molecular complexity index is 531. The highest BCUT2D eigenvalue weighted by atomic mass is 16.5. The Morgan fingerprint density at radius 2 is 2.27 bits per heavy atom. The van der Waals surface area contributed by atoms with Gasteiger partial charge >= 0.3 is 0 Å². The van der Waals surface area contributed by atoms with Crippen LogP contribution in [0, 0.1) is 0 Å². The number of carbonyl (C=O) groups is 1. The minimum atomic E-state index is -0.0296. The average molecular weight is 200 g/mol. The average Bonchev–Trinajstić information content (AvgIpc) is 2.71. The van der Waals surface area contributed by atoms with Gasteiger partial charge in [0, 0.05) is 12.4 Å². The molecule has 0 fully saturated rings. The highest BCUT2D eigenvalue weighted by Gasteiger charge is 2.20. The van der Waals surface area contributed by atoms with E-state index in [-0.39, 0.29) is 12.4 Å². The second-order valence-electron chi connectivity index (χ2n) is 3.30. The number of rotatable bonds is 0. The standard InChI is InChI=1S/C11H8N2O2/c14-9-7-15-10-4-1-5-12-11(10)13-6-2-3-8(9)13/h1-6H,7H2. The maximum atomic E-state index is 11.7. The molecule has 4 heteroatoms. The largest absolute Gasteiger partial charge is 0.481 e. The van der Waals surface area contributed by atoms with E-state index in [0.717, 1.165) is 0 Å². The quantitative estimate of drug-likeness (QED) is 0.646. The summed E-state index contributed by atoms with van der Waals surface area (Å²) in [5, 5.41) is 0. The van der Waals surface area contributed by atoms with E-state index in [2.05, 4.69) is 4.98 Å². The first-order valence-electron chi connectivity index (χ1n) is 4.65. The Morgan fingerprint density at radius 1 is 1.33 bits per heavy atom. The van der Waals surface area contributed by atoms with Crippen LogP contribution in [0.1, 0.15) is 10.5 Å². The third-order valence-corrected chi connectivity index (χ3v) is 2.37. The predicted octanol–water partition coefficient (Wildman–Crippen LogP) is 1.45. The summed E-state index contributed by atoms with van der Waals surface area (Å²) in [7, 11) is 0. The van der Waals surface area contributed by atoms with Gasteiger partial charge in [-0.25, -0.2) is 4.98 Å². The van der Waals surface area contributed by atoms with Gasteiger partial charge in [0.05, 0.1) is 5.69 Å². The van der Waals surface area contributed by atoms with E-state index in [0.29, 0.717) is 17.3 Å². The van der Waals surface area contributed by atoms with Crippen LogP contribution in [0.15, 0.2) is 36.7 Å². The third kappa shape index (κ3) is 1.15. The van der Waals surface area contributed by atoms with Crippen molar-refractivity contribution >= 4 is 5.78 Å².